The van der Waals surface area contributed by atoms with Gasteiger partial charge in [0, 0.05) is 19.1 Å². The Labute approximate surface area is 213 Å². The molecule has 0 saturated carbocycles. The van der Waals surface area contributed by atoms with Gasteiger partial charge < -0.3 is 9.47 Å². The van der Waals surface area contributed by atoms with Gasteiger partial charge in [-0.3, -0.25) is 0 Å². The predicted molar refractivity (Wildman–Crippen MR) is 148 cm³/mol. The molecule has 0 spiro atoms. The van der Waals surface area contributed by atoms with E-state index in [1.807, 2.05) is 0 Å². The van der Waals surface area contributed by atoms with Crippen LogP contribution in [-0.2, 0) is 9.47 Å². The van der Waals surface area contributed by atoms with Crippen LogP contribution < -0.4 is 0 Å². The Hall–Kier alpha value is -0.0500. The van der Waals surface area contributed by atoms with Crippen LogP contribution in [0, 0.1) is 0 Å². The monoisotopic (exact) mass is 486 g/mol. The predicted octanol–water partition coefficient (Wildman–Crippen LogP) is 10.8. The Morgan fingerprint density at radius 2 is 0.939 bits per heavy atom. The van der Waals surface area contributed by atoms with Crippen molar-refractivity contribution in [3.63, 3.8) is 0 Å². The van der Waals surface area contributed by atoms with E-state index in [4.69, 9.17) is 21.1 Å². The van der Waals surface area contributed by atoms with Crippen molar-refractivity contribution in [3.05, 3.63) is 12.2 Å². The van der Waals surface area contributed by atoms with Crippen LogP contribution in [0.3, 0.4) is 0 Å². The van der Waals surface area contributed by atoms with E-state index in [-0.39, 0.29) is 6.29 Å². The second-order valence-electron chi connectivity index (χ2n) is 9.71. The normalized spacial score (nSPS) is 11.9. The molecule has 0 aromatic heterocycles. The highest BCUT2D eigenvalue weighted by molar-refractivity contribution is 6.17. The van der Waals surface area contributed by atoms with Gasteiger partial charge in [0.15, 0.2) is 6.29 Å². The molecule has 0 saturated heterocycles. The van der Waals surface area contributed by atoms with E-state index >= 15 is 0 Å². The maximum absolute atomic E-state index is 6.17. The molecule has 0 amide bonds. The standard InChI is InChI=1S/C30H59ClO2/c1-3-5-7-9-16-20-24-28-32-30(33-29-25-21-17-10-8-6-4-2)26-22-18-14-12-11-13-15-19-23-27-31/h15,19,30H,3-14,16-18,20-29H2,1-2H3/b19-15-. The molecular formula is C30H59ClO2. The summed E-state index contributed by atoms with van der Waals surface area (Å²) in [4.78, 5) is 0. The Morgan fingerprint density at radius 3 is 1.45 bits per heavy atom. The fourth-order valence-electron chi connectivity index (χ4n) is 4.16. The molecule has 198 valence electrons. The summed E-state index contributed by atoms with van der Waals surface area (Å²) in [5.41, 5.74) is 0. The maximum Gasteiger partial charge on any atom is 0.157 e. The molecule has 0 rings (SSSR count). The van der Waals surface area contributed by atoms with Gasteiger partial charge >= 0.3 is 0 Å². The molecule has 0 bridgehead atoms. The summed E-state index contributed by atoms with van der Waals surface area (Å²) in [6.07, 6.45) is 32.9. The highest BCUT2D eigenvalue weighted by Crippen LogP contribution is 2.14. The number of hydrogen-bond donors (Lipinski definition) is 0. The molecule has 0 heterocycles. The first kappa shape index (κ1) is 33.0. The number of hydrogen-bond acceptors (Lipinski definition) is 2. The van der Waals surface area contributed by atoms with Crippen molar-refractivity contribution in [1.29, 1.82) is 0 Å². The summed E-state index contributed by atoms with van der Waals surface area (Å²) in [7, 11) is 0. The lowest BCUT2D eigenvalue weighted by Crippen LogP contribution is -2.19. The van der Waals surface area contributed by atoms with Crippen LogP contribution in [0.2, 0.25) is 0 Å². The summed E-state index contributed by atoms with van der Waals surface area (Å²) >= 11 is 5.69. The first-order valence-corrected chi connectivity index (χ1v) is 15.3. The topological polar surface area (TPSA) is 18.5 Å². The average Bonchev–Trinajstić information content (AvgIpc) is 2.83. The third-order valence-corrected chi connectivity index (χ3v) is 6.57. The van der Waals surface area contributed by atoms with Crippen molar-refractivity contribution < 1.29 is 9.47 Å². The molecule has 0 unspecified atom stereocenters. The second-order valence-corrected chi connectivity index (χ2v) is 10.1. The smallest absolute Gasteiger partial charge is 0.157 e. The molecule has 0 radical (unpaired) electrons. The van der Waals surface area contributed by atoms with Crippen LogP contribution >= 0.6 is 11.6 Å². The first-order valence-electron chi connectivity index (χ1n) is 14.8. The van der Waals surface area contributed by atoms with Crippen LogP contribution in [0.15, 0.2) is 12.2 Å². The lowest BCUT2D eigenvalue weighted by molar-refractivity contribution is -0.148. The van der Waals surface area contributed by atoms with Crippen molar-refractivity contribution in [1.82, 2.24) is 0 Å². The van der Waals surface area contributed by atoms with Crippen molar-refractivity contribution >= 4 is 11.6 Å². The quantitative estimate of drug-likeness (QED) is 0.0473. The lowest BCUT2D eigenvalue weighted by Gasteiger charge is -2.19. The van der Waals surface area contributed by atoms with E-state index in [2.05, 4.69) is 26.0 Å². The number of allylic oxidation sites excluding steroid dienone is 2. The summed E-state index contributed by atoms with van der Waals surface area (Å²) in [6, 6.07) is 0. The number of halogens is 1. The lowest BCUT2D eigenvalue weighted by atomic mass is 10.1. The molecule has 33 heavy (non-hydrogen) atoms. The zero-order valence-electron chi connectivity index (χ0n) is 22.6. The largest absolute Gasteiger partial charge is 0.353 e. The Kier molecular flexibility index (Phi) is 29.9. The van der Waals surface area contributed by atoms with E-state index in [1.165, 1.54) is 128 Å². The summed E-state index contributed by atoms with van der Waals surface area (Å²) in [5.74, 6) is 0.736. The van der Waals surface area contributed by atoms with Crippen molar-refractivity contribution in [2.24, 2.45) is 0 Å². The van der Waals surface area contributed by atoms with E-state index in [9.17, 15) is 0 Å². The third-order valence-electron chi connectivity index (χ3n) is 6.36. The van der Waals surface area contributed by atoms with Gasteiger partial charge in [-0.05, 0) is 44.9 Å². The van der Waals surface area contributed by atoms with Crippen molar-refractivity contribution in [2.75, 3.05) is 19.1 Å². The molecule has 0 fully saturated rings. The van der Waals surface area contributed by atoms with Gasteiger partial charge in [-0.1, -0.05) is 122 Å². The van der Waals surface area contributed by atoms with Crippen LogP contribution in [0.25, 0.3) is 0 Å². The zero-order chi connectivity index (χ0) is 24.1. The molecule has 0 aliphatic rings. The molecule has 0 aliphatic heterocycles. The van der Waals surface area contributed by atoms with Gasteiger partial charge in [0.25, 0.3) is 0 Å². The number of ether oxygens (including phenoxy) is 2. The van der Waals surface area contributed by atoms with Crippen LogP contribution in [0.4, 0.5) is 0 Å². The van der Waals surface area contributed by atoms with E-state index in [0.717, 1.165) is 31.9 Å². The number of alkyl halides is 1. The van der Waals surface area contributed by atoms with Gasteiger partial charge in [0.1, 0.15) is 0 Å². The Morgan fingerprint density at radius 1 is 0.515 bits per heavy atom. The fraction of sp³-hybridized carbons (Fsp3) is 0.933. The van der Waals surface area contributed by atoms with Crippen LogP contribution in [-0.4, -0.2) is 25.4 Å². The summed E-state index contributed by atoms with van der Waals surface area (Å²) < 4.78 is 12.3. The minimum absolute atomic E-state index is 0.0173. The van der Waals surface area contributed by atoms with E-state index in [1.54, 1.807) is 0 Å². The summed E-state index contributed by atoms with van der Waals surface area (Å²) in [6.45, 7) is 6.29. The highest BCUT2D eigenvalue weighted by atomic mass is 35.5. The highest BCUT2D eigenvalue weighted by Gasteiger charge is 2.09. The molecule has 0 N–H and O–H groups in total. The van der Waals surface area contributed by atoms with Crippen molar-refractivity contribution in [2.45, 2.75) is 161 Å². The van der Waals surface area contributed by atoms with Crippen LogP contribution in [0.1, 0.15) is 155 Å². The van der Waals surface area contributed by atoms with Crippen LogP contribution in [0.5, 0.6) is 0 Å². The number of rotatable bonds is 28. The molecular weight excluding hydrogens is 428 g/mol. The second kappa shape index (κ2) is 30.0. The van der Waals surface area contributed by atoms with Gasteiger partial charge in [0.2, 0.25) is 0 Å². The van der Waals surface area contributed by atoms with Gasteiger partial charge in [-0.2, -0.15) is 0 Å². The molecule has 2 nitrogen and oxygen atoms in total. The molecule has 0 atom stereocenters. The van der Waals surface area contributed by atoms with Crippen molar-refractivity contribution in [3.8, 4) is 0 Å². The average molecular weight is 487 g/mol. The van der Waals surface area contributed by atoms with E-state index < -0.39 is 0 Å². The minimum atomic E-state index is 0.0173. The summed E-state index contributed by atoms with van der Waals surface area (Å²) in [5, 5.41) is 0. The minimum Gasteiger partial charge on any atom is -0.353 e. The Bertz CT molecular complexity index is 352. The Balaban J connectivity index is 3.87. The van der Waals surface area contributed by atoms with Gasteiger partial charge in [-0.15, -0.1) is 11.6 Å². The van der Waals surface area contributed by atoms with Gasteiger partial charge in [-0.25, -0.2) is 0 Å². The molecule has 3 heteroatoms. The zero-order valence-corrected chi connectivity index (χ0v) is 23.4. The first-order chi connectivity index (χ1) is 16.3. The van der Waals surface area contributed by atoms with Gasteiger partial charge in [0.05, 0.1) is 0 Å². The fourth-order valence-corrected chi connectivity index (χ4v) is 4.29. The van der Waals surface area contributed by atoms with E-state index in [0.29, 0.717) is 0 Å². The number of unbranched alkanes of at least 4 members (excludes halogenated alkanes) is 17. The SMILES string of the molecule is CCCCCCCCCOC(CCCCCCC/C=C\CCCl)OCCCCCCCCC. The maximum atomic E-state index is 6.17. The molecule has 0 aliphatic carbocycles. The third kappa shape index (κ3) is 28.1. The molecule has 0 aromatic carbocycles. The molecule has 0 aromatic rings.